The minimum absolute atomic E-state index is 0.0213. The van der Waals surface area contributed by atoms with Crippen molar-refractivity contribution in [3.8, 4) is 23.6 Å². The molecule has 0 amide bonds. The lowest BCUT2D eigenvalue weighted by Gasteiger charge is -2.11. The molecule has 2 aromatic rings. The Morgan fingerprint density at radius 3 is 2.52 bits per heavy atom. The average Bonchev–Trinajstić information content (AvgIpc) is 2.61. The molecular weight excluding hydrogens is 316 g/mol. The van der Waals surface area contributed by atoms with Gasteiger partial charge in [-0.3, -0.25) is 0 Å². The Kier molecular flexibility index (Phi) is 5.92. The van der Waals surface area contributed by atoms with E-state index < -0.39 is 5.97 Å². The molecule has 0 saturated carbocycles. The number of carbonyl (C=O) groups excluding carboxylic acids is 1. The second kappa shape index (κ2) is 8.33. The van der Waals surface area contributed by atoms with Crippen LogP contribution in [0.1, 0.15) is 28.4 Å². The number of benzene rings is 2. The van der Waals surface area contributed by atoms with Gasteiger partial charge in [-0.15, -0.1) is 0 Å². The third kappa shape index (κ3) is 4.70. The van der Waals surface area contributed by atoms with Crippen molar-refractivity contribution in [3.05, 3.63) is 64.7 Å². The summed E-state index contributed by atoms with van der Waals surface area (Å²) < 4.78 is 11.0. The zero-order chi connectivity index (χ0) is 18.2. The van der Waals surface area contributed by atoms with E-state index in [9.17, 15) is 4.79 Å². The molecule has 5 heteroatoms. The summed E-state index contributed by atoms with van der Waals surface area (Å²) in [6, 6.07) is 15.6. The Bertz CT molecular complexity index is 886. The van der Waals surface area contributed by atoms with Crippen LogP contribution in [-0.2, 0) is 0 Å². The van der Waals surface area contributed by atoms with Crippen LogP contribution in [0.25, 0.3) is 6.08 Å². The summed E-state index contributed by atoms with van der Waals surface area (Å²) in [6.07, 6.45) is 1.44. The molecule has 5 nitrogen and oxygen atoms in total. The largest absolute Gasteiger partial charge is 0.490 e. The smallest absolute Gasteiger partial charge is 0.343 e. The highest BCUT2D eigenvalue weighted by molar-refractivity contribution is 5.91. The van der Waals surface area contributed by atoms with Crippen LogP contribution in [0, 0.1) is 29.6 Å². The highest BCUT2D eigenvalue weighted by Gasteiger charge is 2.13. The number of nitriles is 2. The normalized spacial score (nSPS) is 9.44. The minimum atomic E-state index is -0.484. The van der Waals surface area contributed by atoms with Gasteiger partial charge in [-0.2, -0.15) is 10.5 Å². The fourth-order valence-corrected chi connectivity index (χ4v) is 2.15. The summed E-state index contributed by atoms with van der Waals surface area (Å²) in [4.78, 5) is 12.3. The Morgan fingerprint density at radius 2 is 1.88 bits per heavy atom. The molecule has 0 spiro atoms. The van der Waals surface area contributed by atoms with Gasteiger partial charge in [-0.25, -0.2) is 4.79 Å². The second-order valence-corrected chi connectivity index (χ2v) is 5.18. The molecule has 2 rings (SSSR count). The maximum absolute atomic E-state index is 12.3. The van der Waals surface area contributed by atoms with Crippen LogP contribution in [0.5, 0.6) is 11.5 Å². The maximum Gasteiger partial charge on any atom is 0.343 e. The van der Waals surface area contributed by atoms with Gasteiger partial charge in [0.15, 0.2) is 11.5 Å². The first-order chi connectivity index (χ1) is 12.1. The zero-order valence-corrected chi connectivity index (χ0v) is 13.9. The van der Waals surface area contributed by atoms with Crippen LogP contribution in [0.3, 0.4) is 0 Å². The van der Waals surface area contributed by atoms with Crippen LogP contribution in [0.4, 0.5) is 0 Å². The van der Waals surface area contributed by atoms with Crippen molar-refractivity contribution in [2.45, 2.75) is 13.8 Å². The van der Waals surface area contributed by atoms with Gasteiger partial charge in [0.1, 0.15) is 17.7 Å². The number of ether oxygens (including phenoxy) is 2. The predicted octanol–water partition coefficient (Wildman–Crippen LogP) is 4.04. The summed E-state index contributed by atoms with van der Waals surface area (Å²) in [5, 5.41) is 17.7. The number of rotatable bonds is 5. The van der Waals surface area contributed by atoms with E-state index in [2.05, 4.69) is 0 Å². The summed E-state index contributed by atoms with van der Waals surface area (Å²) in [5.74, 6) is 0.163. The van der Waals surface area contributed by atoms with Gasteiger partial charge in [0.25, 0.3) is 0 Å². The van der Waals surface area contributed by atoms with Crippen LogP contribution >= 0.6 is 0 Å². The first kappa shape index (κ1) is 17.8. The summed E-state index contributed by atoms with van der Waals surface area (Å²) >= 11 is 0. The molecule has 0 radical (unpaired) electrons. The molecule has 2 aromatic carbocycles. The highest BCUT2D eigenvalue weighted by Crippen LogP contribution is 2.30. The molecule has 0 atom stereocenters. The maximum atomic E-state index is 12.3. The molecule has 0 aliphatic carbocycles. The molecular formula is C20H16N2O3. The van der Waals surface area contributed by atoms with Gasteiger partial charge >= 0.3 is 5.97 Å². The van der Waals surface area contributed by atoms with Gasteiger partial charge in [0.2, 0.25) is 0 Å². The second-order valence-electron chi connectivity index (χ2n) is 5.18. The number of hydrogen-bond acceptors (Lipinski definition) is 5. The lowest BCUT2D eigenvalue weighted by molar-refractivity contribution is 0.0728. The molecule has 0 heterocycles. The molecule has 0 aliphatic rings. The Labute approximate surface area is 146 Å². The number of aryl methyl sites for hydroxylation is 1. The van der Waals surface area contributed by atoms with Gasteiger partial charge < -0.3 is 9.47 Å². The zero-order valence-electron chi connectivity index (χ0n) is 13.9. The molecule has 25 heavy (non-hydrogen) atoms. The van der Waals surface area contributed by atoms with E-state index in [0.717, 1.165) is 5.56 Å². The third-order valence-corrected chi connectivity index (χ3v) is 3.28. The lowest BCUT2D eigenvalue weighted by atomic mass is 10.1. The van der Waals surface area contributed by atoms with Crippen LogP contribution < -0.4 is 9.47 Å². The van der Waals surface area contributed by atoms with E-state index in [-0.39, 0.29) is 11.3 Å². The van der Waals surface area contributed by atoms with Crippen molar-refractivity contribution >= 4 is 12.0 Å². The van der Waals surface area contributed by atoms with E-state index in [4.69, 9.17) is 20.0 Å². The minimum Gasteiger partial charge on any atom is -0.490 e. The third-order valence-electron chi connectivity index (χ3n) is 3.28. The SMILES string of the molecule is CCOc1cc(C=C(C#N)C#N)ccc1OC(=O)c1cccc(C)c1. The van der Waals surface area contributed by atoms with E-state index in [1.54, 1.807) is 48.5 Å². The summed E-state index contributed by atoms with van der Waals surface area (Å²) in [5.41, 5.74) is 1.99. The monoisotopic (exact) mass is 332 g/mol. The van der Waals surface area contributed by atoms with E-state index >= 15 is 0 Å². The van der Waals surface area contributed by atoms with Crippen molar-refractivity contribution in [2.24, 2.45) is 0 Å². The van der Waals surface area contributed by atoms with E-state index in [1.807, 2.05) is 19.9 Å². The van der Waals surface area contributed by atoms with Gasteiger partial charge in [0, 0.05) is 0 Å². The number of allylic oxidation sites excluding steroid dienone is 1. The molecule has 124 valence electrons. The van der Waals surface area contributed by atoms with Crippen molar-refractivity contribution < 1.29 is 14.3 Å². The molecule has 0 saturated heterocycles. The summed E-state index contributed by atoms with van der Waals surface area (Å²) in [7, 11) is 0. The number of carbonyl (C=O) groups is 1. The van der Waals surface area contributed by atoms with Gasteiger partial charge in [0.05, 0.1) is 12.2 Å². The van der Waals surface area contributed by atoms with Crippen molar-refractivity contribution in [1.82, 2.24) is 0 Å². The van der Waals surface area contributed by atoms with Crippen LogP contribution in [0.15, 0.2) is 48.0 Å². The topological polar surface area (TPSA) is 83.1 Å². The molecule has 0 N–H and O–H groups in total. The average molecular weight is 332 g/mol. The van der Waals surface area contributed by atoms with Crippen LogP contribution in [-0.4, -0.2) is 12.6 Å². The standard InChI is InChI=1S/C20H16N2O3/c1-3-24-19-11-15(10-16(12-21)13-22)7-8-18(19)25-20(23)17-6-4-5-14(2)9-17/h4-11H,3H2,1-2H3. The number of esters is 1. The van der Waals surface area contributed by atoms with Gasteiger partial charge in [-0.05, 0) is 49.8 Å². The van der Waals surface area contributed by atoms with E-state index in [0.29, 0.717) is 23.5 Å². The molecule has 0 fully saturated rings. The highest BCUT2D eigenvalue weighted by atomic mass is 16.6. The lowest BCUT2D eigenvalue weighted by Crippen LogP contribution is -2.10. The van der Waals surface area contributed by atoms with E-state index in [1.165, 1.54) is 6.08 Å². The predicted molar refractivity (Wildman–Crippen MR) is 93.0 cm³/mol. The van der Waals surface area contributed by atoms with Gasteiger partial charge in [-0.1, -0.05) is 23.8 Å². The fourth-order valence-electron chi connectivity index (χ4n) is 2.15. The molecule has 0 unspecified atom stereocenters. The van der Waals surface area contributed by atoms with Crippen molar-refractivity contribution in [2.75, 3.05) is 6.61 Å². The van der Waals surface area contributed by atoms with Crippen molar-refractivity contribution in [3.63, 3.8) is 0 Å². The first-order valence-corrected chi connectivity index (χ1v) is 7.65. The molecule has 0 aromatic heterocycles. The molecule has 0 bridgehead atoms. The quantitative estimate of drug-likeness (QED) is 0.469. The van der Waals surface area contributed by atoms with Crippen molar-refractivity contribution in [1.29, 1.82) is 10.5 Å². The summed E-state index contributed by atoms with van der Waals surface area (Å²) in [6.45, 7) is 4.09. The number of nitrogens with zero attached hydrogens (tertiary/aromatic N) is 2. The Balaban J connectivity index is 2.31. The fraction of sp³-hybridized carbons (Fsp3) is 0.150. The number of hydrogen-bond donors (Lipinski definition) is 0. The Hall–Kier alpha value is -3.57. The van der Waals surface area contributed by atoms with Crippen LogP contribution in [0.2, 0.25) is 0 Å². The molecule has 0 aliphatic heterocycles. The Morgan fingerprint density at radius 1 is 1.12 bits per heavy atom. The first-order valence-electron chi connectivity index (χ1n) is 7.65.